The van der Waals surface area contributed by atoms with Gasteiger partial charge in [-0.05, 0) is 67.0 Å². The molecule has 194 valence electrons. The Hall–Kier alpha value is -3.63. The Balaban J connectivity index is 1.29. The molecule has 3 aliphatic rings. The molecule has 4 aromatic rings. The van der Waals surface area contributed by atoms with Crippen LogP contribution in [0.5, 0.6) is 0 Å². The van der Waals surface area contributed by atoms with Crippen LogP contribution < -0.4 is 5.43 Å². The smallest absolute Gasteiger partial charge is 0.176 e. The van der Waals surface area contributed by atoms with Crippen molar-refractivity contribution < 1.29 is 9.13 Å². The highest BCUT2D eigenvalue weighted by Crippen LogP contribution is 2.56. The van der Waals surface area contributed by atoms with Crippen molar-refractivity contribution >= 4 is 33.5 Å². The SMILES string of the molecule is COCc1ncn(-c2ccc(/C=C3\CC4(CC4)CN4C3=NNCC4(C)c3ccc(F)cc3)c3ncsc23)n1. The quantitative estimate of drug-likeness (QED) is 0.398. The molecule has 1 saturated heterocycles. The Kier molecular flexibility index (Phi) is 5.38. The van der Waals surface area contributed by atoms with Gasteiger partial charge in [0, 0.05) is 19.2 Å². The lowest BCUT2D eigenvalue weighted by molar-refractivity contribution is 0.130. The summed E-state index contributed by atoms with van der Waals surface area (Å²) in [5.41, 5.74) is 10.4. The van der Waals surface area contributed by atoms with Crippen LogP contribution in [0.2, 0.25) is 0 Å². The number of aromatic nitrogens is 4. The molecule has 1 aliphatic carbocycles. The maximum Gasteiger partial charge on any atom is 0.176 e. The maximum atomic E-state index is 13.7. The van der Waals surface area contributed by atoms with E-state index in [0.29, 0.717) is 19.0 Å². The van der Waals surface area contributed by atoms with Crippen molar-refractivity contribution in [2.75, 3.05) is 20.2 Å². The van der Waals surface area contributed by atoms with E-state index in [9.17, 15) is 4.39 Å². The number of hydrogen-bond donors (Lipinski definition) is 1. The third-order valence-corrected chi connectivity index (χ3v) is 8.96. The van der Waals surface area contributed by atoms with Gasteiger partial charge in [0.2, 0.25) is 0 Å². The molecule has 7 rings (SSSR count). The van der Waals surface area contributed by atoms with Crippen LogP contribution in [0.1, 0.15) is 43.1 Å². The van der Waals surface area contributed by atoms with E-state index < -0.39 is 0 Å². The molecule has 2 aromatic carbocycles. The minimum absolute atomic E-state index is 0.218. The van der Waals surface area contributed by atoms with Gasteiger partial charge in [-0.2, -0.15) is 5.10 Å². The molecule has 1 spiro atoms. The summed E-state index contributed by atoms with van der Waals surface area (Å²) >= 11 is 1.60. The number of thiazole rings is 1. The summed E-state index contributed by atoms with van der Waals surface area (Å²) in [6.45, 7) is 4.22. The van der Waals surface area contributed by atoms with Gasteiger partial charge in [-0.1, -0.05) is 18.2 Å². The topological polar surface area (TPSA) is 80.5 Å². The van der Waals surface area contributed by atoms with Gasteiger partial charge in [-0.3, -0.25) is 0 Å². The first-order chi connectivity index (χ1) is 18.5. The number of nitrogens with zero attached hydrogens (tertiary/aromatic N) is 6. The van der Waals surface area contributed by atoms with Gasteiger partial charge in [0.15, 0.2) is 11.7 Å². The summed E-state index contributed by atoms with van der Waals surface area (Å²) < 4.78 is 21.8. The van der Waals surface area contributed by atoms with Crippen molar-refractivity contribution in [1.29, 1.82) is 0 Å². The summed E-state index contributed by atoms with van der Waals surface area (Å²) in [7, 11) is 1.64. The fourth-order valence-electron chi connectivity index (χ4n) is 5.77. The molecule has 2 fully saturated rings. The Labute approximate surface area is 223 Å². The number of ether oxygens (including phenoxy) is 1. The number of hydrazone groups is 1. The lowest BCUT2D eigenvalue weighted by atomic mass is 9.81. The van der Waals surface area contributed by atoms with Crippen LogP contribution >= 0.6 is 11.3 Å². The number of methoxy groups -OCH3 is 1. The number of piperidine rings is 1. The second kappa shape index (κ2) is 8.71. The molecule has 0 bridgehead atoms. The largest absolute Gasteiger partial charge is 0.377 e. The summed E-state index contributed by atoms with van der Waals surface area (Å²) in [5, 5.41) is 9.38. The average Bonchev–Trinajstić information content (AvgIpc) is 3.28. The fourth-order valence-corrected chi connectivity index (χ4v) is 6.60. The molecule has 38 heavy (non-hydrogen) atoms. The van der Waals surface area contributed by atoms with E-state index >= 15 is 0 Å². The predicted octanol–water partition coefficient (Wildman–Crippen LogP) is 4.86. The Morgan fingerprint density at radius 2 is 2.00 bits per heavy atom. The maximum absolute atomic E-state index is 13.7. The highest BCUT2D eigenvalue weighted by molar-refractivity contribution is 7.17. The highest BCUT2D eigenvalue weighted by atomic mass is 32.1. The molecule has 0 amide bonds. The van der Waals surface area contributed by atoms with Gasteiger partial charge < -0.3 is 15.1 Å². The van der Waals surface area contributed by atoms with Gasteiger partial charge in [0.25, 0.3) is 0 Å². The molecule has 1 atom stereocenters. The van der Waals surface area contributed by atoms with Gasteiger partial charge in [0.1, 0.15) is 18.8 Å². The van der Waals surface area contributed by atoms with E-state index in [2.05, 4.69) is 45.5 Å². The Morgan fingerprint density at radius 3 is 2.79 bits per heavy atom. The van der Waals surface area contributed by atoms with Crippen molar-refractivity contribution in [3.8, 4) is 5.69 Å². The van der Waals surface area contributed by atoms with Crippen LogP contribution in [0.4, 0.5) is 4.39 Å². The summed E-state index contributed by atoms with van der Waals surface area (Å²) in [4.78, 5) is 11.5. The highest BCUT2D eigenvalue weighted by Gasteiger charge is 2.53. The molecule has 2 aliphatic heterocycles. The zero-order valence-corrected chi connectivity index (χ0v) is 22.1. The van der Waals surface area contributed by atoms with Crippen LogP contribution in [0.3, 0.4) is 0 Å². The fraction of sp³-hybridized carbons (Fsp3) is 0.357. The lowest BCUT2D eigenvalue weighted by Gasteiger charge is -2.51. The summed E-state index contributed by atoms with van der Waals surface area (Å²) in [5.74, 6) is 1.39. The zero-order valence-electron chi connectivity index (χ0n) is 21.3. The number of halogens is 1. The van der Waals surface area contributed by atoms with Gasteiger partial charge in [-0.25, -0.2) is 19.0 Å². The Bertz CT molecular complexity index is 1590. The molecule has 4 heterocycles. The van der Waals surface area contributed by atoms with E-state index in [0.717, 1.165) is 45.8 Å². The lowest BCUT2D eigenvalue weighted by Crippen LogP contribution is -2.60. The molecular formula is C28H28FN7OS. The van der Waals surface area contributed by atoms with Crippen molar-refractivity contribution in [2.24, 2.45) is 10.5 Å². The third-order valence-electron chi connectivity index (χ3n) is 8.11. The zero-order chi connectivity index (χ0) is 25.9. The van der Waals surface area contributed by atoms with E-state index in [4.69, 9.17) is 14.8 Å². The Morgan fingerprint density at radius 1 is 1.16 bits per heavy atom. The van der Waals surface area contributed by atoms with Crippen molar-refractivity contribution in [1.82, 2.24) is 30.1 Å². The van der Waals surface area contributed by atoms with E-state index in [1.807, 2.05) is 17.6 Å². The van der Waals surface area contributed by atoms with E-state index in [-0.39, 0.29) is 16.8 Å². The molecular weight excluding hydrogens is 501 g/mol. The first kappa shape index (κ1) is 23.5. The standard InChI is InChI=1S/C28H28FN7OS/c1-27(20-4-6-21(29)7-5-20)14-32-33-26-19(12-28(9-10-28)15-35(26)27)11-18-3-8-22(25-24(18)31-17-38-25)36-16-30-23(34-36)13-37-2/h3-8,11,16-17,32H,9-10,12-15H2,1-2H3/b19-11+. The van der Waals surface area contributed by atoms with Gasteiger partial charge in [-0.15, -0.1) is 16.4 Å². The first-order valence-electron chi connectivity index (χ1n) is 12.8. The summed E-state index contributed by atoms with van der Waals surface area (Å²) in [6.07, 6.45) is 7.38. The second-order valence-corrected chi connectivity index (χ2v) is 11.6. The molecule has 10 heteroatoms. The number of benzene rings is 2. The number of hydrogen-bond acceptors (Lipinski definition) is 8. The van der Waals surface area contributed by atoms with Crippen LogP contribution in [0, 0.1) is 11.2 Å². The number of rotatable bonds is 5. The van der Waals surface area contributed by atoms with Crippen molar-refractivity contribution in [3.05, 3.63) is 76.6 Å². The van der Waals surface area contributed by atoms with Crippen molar-refractivity contribution in [3.63, 3.8) is 0 Å². The minimum atomic E-state index is -0.327. The number of nitrogens with one attached hydrogen (secondary N) is 1. The number of amidine groups is 1. The average molecular weight is 530 g/mol. The molecule has 0 radical (unpaired) electrons. The van der Waals surface area contributed by atoms with Crippen LogP contribution in [0.15, 0.2) is 58.9 Å². The molecule has 8 nitrogen and oxygen atoms in total. The minimum Gasteiger partial charge on any atom is -0.377 e. The molecule has 1 N–H and O–H groups in total. The van der Waals surface area contributed by atoms with E-state index in [1.54, 1.807) is 41.6 Å². The van der Waals surface area contributed by atoms with Gasteiger partial charge >= 0.3 is 0 Å². The molecule has 1 saturated carbocycles. The van der Waals surface area contributed by atoms with Crippen LogP contribution in [-0.2, 0) is 16.9 Å². The monoisotopic (exact) mass is 529 g/mol. The number of fused-ring (bicyclic) bond motifs is 2. The molecule has 1 unspecified atom stereocenters. The molecule has 2 aromatic heterocycles. The predicted molar refractivity (Wildman–Crippen MR) is 145 cm³/mol. The summed E-state index contributed by atoms with van der Waals surface area (Å²) in [6, 6.07) is 11.1. The van der Waals surface area contributed by atoms with Crippen LogP contribution in [0.25, 0.3) is 22.0 Å². The first-order valence-corrected chi connectivity index (χ1v) is 13.7. The third kappa shape index (κ3) is 3.82. The second-order valence-electron chi connectivity index (χ2n) is 10.7. The van der Waals surface area contributed by atoms with Gasteiger partial charge in [0.05, 0.1) is 33.5 Å². The normalized spacial score (nSPS) is 23.0. The van der Waals surface area contributed by atoms with Crippen molar-refractivity contribution in [2.45, 2.75) is 38.3 Å². The van der Waals surface area contributed by atoms with Crippen LogP contribution in [-0.4, -0.2) is 50.7 Å². The van der Waals surface area contributed by atoms with E-state index in [1.165, 1.54) is 18.4 Å².